The lowest BCUT2D eigenvalue weighted by atomic mass is 9.68. The van der Waals surface area contributed by atoms with E-state index in [2.05, 4.69) is 266 Å². The van der Waals surface area contributed by atoms with Gasteiger partial charge < -0.3 is 9.47 Å². The molecule has 340 valence electrons. The third kappa shape index (κ3) is 5.72. The van der Waals surface area contributed by atoms with Crippen molar-refractivity contribution in [3.05, 3.63) is 287 Å². The Balaban J connectivity index is 0.872. The first kappa shape index (κ1) is 41.1. The van der Waals surface area contributed by atoms with Gasteiger partial charge in [-0.15, -0.1) is 0 Å². The first-order valence-electron chi connectivity index (χ1n) is 25.5. The normalized spacial score (nSPS) is 15.2. The topological polar surface area (TPSA) is 8.17 Å². The SMILES string of the molecule is CC1(C)c2ccccc2-c2cc3c4cc(-c5ccc(N(C6=CC7=C(CC6)C6(c8ccccc87)c7ccccc7-c7ccccc76)c6ccc(-c7ccccc7)cc6)cc5)ccc4n(-c4ccccc4)c3cc21. The average Bonchev–Trinajstić information content (AvgIpc) is 4.11. The van der Waals surface area contributed by atoms with Crippen molar-refractivity contribution in [1.29, 1.82) is 0 Å². The van der Waals surface area contributed by atoms with Crippen LogP contribution in [0.3, 0.4) is 0 Å². The zero-order valence-corrected chi connectivity index (χ0v) is 40.4. The molecular weight excluding hydrogens is 869 g/mol. The van der Waals surface area contributed by atoms with Gasteiger partial charge in [-0.25, -0.2) is 0 Å². The van der Waals surface area contributed by atoms with Crippen molar-refractivity contribution in [3.8, 4) is 50.2 Å². The van der Waals surface area contributed by atoms with E-state index in [-0.39, 0.29) is 10.8 Å². The van der Waals surface area contributed by atoms with E-state index >= 15 is 0 Å². The molecule has 72 heavy (non-hydrogen) atoms. The second kappa shape index (κ2) is 15.4. The number of anilines is 2. The zero-order valence-electron chi connectivity index (χ0n) is 40.4. The van der Waals surface area contributed by atoms with E-state index in [1.807, 2.05) is 0 Å². The molecule has 0 bridgehead atoms. The fourth-order valence-electron chi connectivity index (χ4n) is 13.5. The van der Waals surface area contributed by atoms with Crippen molar-refractivity contribution in [2.45, 2.75) is 37.5 Å². The summed E-state index contributed by atoms with van der Waals surface area (Å²) >= 11 is 0. The second-order valence-electron chi connectivity index (χ2n) is 20.7. The molecule has 4 aliphatic rings. The number of fused-ring (bicyclic) bond motifs is 15. The van der Waals surface area contributed by atoms with Gasteiger partial charge >= 0.3 is 0 Å². The molecule has 0 N–H and O–H groups in total. The summed E-state index contributed by atoms with van der Waals surface area (Å²) in [6, 6.07) is 88.5. The summed E-state index contributed by atoms with van der Waals surface area (Å²) in [5.41, 5.74) is 28.3. The molecule has 2 heteroatoms. The Hall–Kier alpha value is -8.72. The van der Waals surface area contributed by atoms with Gasteiger partial charge in [0, 0.05) is 38.9 Å². The van der Waals surface area contributed by atoms with Crippen LogP contribution in [0.15, 0.2) is 254 Å². The first-order chi connectivity index (χ1) is 35.5. The van der Waals surface area contributed by atoms with E-state index in [1.165, 1.54) is 122 Å². The van der Waals surface area contributed by atoms with Gasteiger partial charge in [0.1, 0.15) is 0 Å². The van der Waals surface area contributed by atoms with Crippen LogP contribution in [0, 0.1) is 0 Å². The van der Waals surface area contributed by atoms with Crippen LogP contribution in [0.2, 0.25) is 0 Å². The number of allylic oxidation sites excluding steroid dienone is 4. The number of para-hydroxylation sites is 1. The molecule has 4 aliphatic carbocycles. The molecule has 1 spiro atoms. The molecule has 1 aromatic heterocycles. The maximum absolute atomic E-state index is 2.53. The van der Waals surface area contributed by atoms with Gasteiger partial charge in [0.2, 0.25) is 0 Å². The molecule has 0 saturated heterocycles. The van der Waals surface area contributed by atoms with Crippen LogP contribution >= 0.6 is 0 Å². The highest BCUT2D eigenvalue weighted by Gasteiger charge is 2.53. The Labute approximate surface area is 421 Å². The van der Waals surface area contributed by atoms with Crippen molar-refractivity contribution in [2.24, 2.45) is 0 Å². The lowest BCUT2D eigenvalue weighted by Crippen LogP contribution is -2.28. The van der Waals surface area contributed by atoms with Gasteiger partial charge in [0.15, 0.2) is 0 Å². The number of rotatable bonds is 6. The van der Waals surface area contributed by atoms with Crippen LogP contribution < -0.4 is 4.90 Å². The highest BCUT2D eigenvalue weighted by atomic mass is 15.1. The molecule has 10 aromatic carbocycles. The maximum atomic E-state index is 2.53. The first-order valence-corrected chi connectivity index (χ1v) is 25.5. The standard InChI is InChI=1S/C70H50N2/c1-69(2)61-25-13-9-23-55(61)58-43-60-59-41-48(33-40-67(59)72(68(60)44-66(58)69)49-19-7-4-8-20-49)47-31-36-51(37-32-47)71(50-34-29-46(30-35-50)45-17-5-3-6-18-45)52-38-39-65-57(42-52)56-24-12-16-28-64(56)70(65)62-26-14-10-21-53(62)54-22-11-15-27-63(54)70/h3-37,40-44H,38-39H2,1-2H3. The number of hydrogen-bond donors (Lipinski definition) is 0. The third-order valence-electron chi connectivity index (χ3n) is 16.8. The van der Waals surface area contributed by atoms with Crippen LogP contribution in [-0.2, 0) is 10.8 Å². The molecule has 0 saturated carbocycles. The number of aromatic nitrogens is 1. The quantitative estimate of drug-likeness (QED) is 0.161. The largest absolute Gasteiger partial charge is 0.314 e. The summed E-state index contributed by atoms with van der Waals surface area (Å²) in [7, 11) is 0. The summed E-state index contributed by atoms with van der Waals surface area (Å²) in [6.45, 7) is 4.75. The lowest BCUT2D eigenvalue weighted by molar-refractivity contribution is 0.661. The number of hydrogen-bond acceptors (Lipinski definition) is 1. The molecule has 11 aromatic rings. The molecule has 15 rings (SSSR count). The van der Waals surface area contributed by atoms with Gasteiger partial charge in [-0.05, 0) is 169 Å². The predicted octanol–water partition coefficient (Wildman–Crippen LogP) is 18.0. The van der Waals surface area contributed by atoms with Crippen LogP contribution in [0.4, 0.5) is 11.4 Å². The van der Waals surface area contributed by atoms with Crippen LogP contribution in [-0.4, -0.2) is 4.57 Å². The van der Waals surface area contributed by atoms with E-state index < -0.39 is 0 Å². The van der Waals surface area contributed by atoms with E-state index in [0.717, 1.165) is 24.2 Å². The summed E-state index contributed by atoms with van der Waals surface area (Å²) in [5, 5.41) is 2.54. The molecule has 0 fully saturated rings. The van der Waals surface area contributed by atoms with E-state index in [0.29, 0.717) is 0 Å². The van der Waals surface area contributed by atoms with Gasteiger partial charge in [0.25, 0.3) is 0 Å². The summed E-state index contributed by atoms with van der Waals surface area (Å²) in [4.78, 5) is 2.52. The van der Waals surface area contributed by atoms with E-state index in [9.17, 15) is 0 Å². The molecule has 0 amide bonds. The highest BCUT2D eigenvalue weighted by Crippen LogP contribution is 2.64. The molecule has 1 heterocycles. The van der Waals surface area contributed by atoms with Crippen molar-refractivity contribution in [1.82, 2.24) is 4.57 Å². The number of benzene rings is 10. The Morgan fingerprint density at radius 2 is 0.861 bits per heavy atom. The van der Waals surface area contributed by atoms with Crippen LogP contribution in [0.1, 0.15) is 60.1 Å². The maximum Gasteiger partial charge on any atom is 0.0688 e. The summed E-state index contributed by atoms with van der Waals surface area (Å²) in [6.07, 6.45) is 4.40. The Bertz CT molecular complexity index is 4040. The smallest absolute Gasteiger partial charge is 0.0688 e. The minimum absolute atomic E-state index is 0.0894. The highest BCUT2D eigenvalue weighted by molar-refractivity contribution is 6.13. The molecule has 2 nitrogen and oxygen atoms in total. The summed E-state index contributed by atoms with van der Waals surface area (Å²) in [5.74, 6) is 0. The Morgan fingerprint density at radius 3 is 1.50 bits per heavy atom. The lowest BCUT2D eigenvalue weighted by Gasteiger charge is -2.36. The van der Waals surface area contributed by atoms with Crippen molar-refractivity contribution >= 4 is 38.8 Å². The average molecular weight is 919 g/mol. The molecule has 0 aliphatic heterocycles. The van der Waals surface area contributed by atoms with Crippen molar-refractivity contribution in [2.75, 3.05) is 4.90 Å². The Morgan fingerprint density at radius 1 is 0.375 bits per heavy atom. The molecular formula is C70H50N2. The zero-order chi connectivity index (χ0) is 47.7. The second-order valence-corrected chi connectivity index (χ2v) is 20.7. The van der Waals surface area contributed by atoms with Crippen molar-refractivity contribution in [3.63, 3.8) is 0 Å². The van der Waals surface area contributed by atoms with Gasteiger partial charge in [-0.1, -0.05) is 190 Å². The van der Waals surface area contributed by atoms with E-state index in [1.54, 1.807) is 0 Å². The molecule has 0 radical (unpaired) electrons. The fourth-order valence-corrected chi connectivity index (χ4v) is 13.5. The van der Waals surface area contributed by atoms with Gasteiger partial charge in [0.05, 0.1) is 16.4 Å². The number of nitrogens with zero attached hydrogens (tertiary/aromatic N) is 2. The van der Waals surface area contributed by atoms with E-state index in [4.69, 9.17) is 0 Å². The fraction of sp³-hybridized carbons (Fsp3) is 0.0857. The van der Waals surface area contributed by atoms with Crippen LogP contribution in [0.25, 0.3) is 77.6 Å². The minimum Gasteiger partial charge on any atom is -0.314 e. The minimum atomic E-state index is -0.305. The molecule has 0 unspecified atom stereocenters. The Kier molecular flexibility index (Phi) is 8.78. The van der Waals surface area contributed by atoms with Crippen LogP contribution in [0.5, 0.6) is 0 Å². The third-order valence-corrected chi connectivity index (χ3v) is 16.8. The molecule has 0 atom stereocenters. The van der Waals surface area contributed by atoms with Crippen molar-refractivity contribution < 1.29 is 0 Å². The monoisotopic (exact) mass is 918 g/mol. The van der Waals surface area contributed by atoms with Gasteiger partial charge in [-0.3, -0.25) is 0 Å². The predicted molar refractivity (Wildman–Crippen MR) is 300 cm³/mol. The summed E-state index contributed by atoms with van der Waals surface area (Å²) < 4.78 is 2.46. The van der Waals surface area contributed by atoms with Gasteiger partial charge in [-0.2, -0.15) is 0 Å².